The number of carbonyl (C=O) groups excluding carboxylic acids is 2. The summed E-state index contributed by atoms with van der Waals surface area (Å²) >= 11 is 13.1. The number of fused-ring (bicyclic) bond motifs is 6. The number of thioether (sulfide) groups is 1. The molecular formula is C91H123ClN9O5S2+3. The second kappa shape index (κ2) is 41.7. The highest BCUT2D eigenvalue weighted by Gasteiger charge is 2.28. The van der Waals surface area contributed by atoms with Crippen molar-refractivity contribution in [3.63, 3.8) is 0 Å². The number of amides is 2. The summed E-state index contributed by atoms with van der Waals surface area (Å²) in [7, 11) is 5.14. The first-order valence-corrected chi connectivity index (χ1v) is 42.0. The van der Waals surface area contributed by atoms with Crippen LogP contribution >= 0.6 is 35.6 Å². The summed E-state index contributed by atoms with van der Waals surface area (Å²) in [5, 5.41) is 22.3. The van der Waals surface area contributed by atoms with Gasteiger partial charge in [0.25, 0.3) is 11.8 Å². The molecule has 7 aromatic carbocycles. The predicted molar refractivity (Wildman–Crippen MR) is 462 cm³/mol. The summed E-state index contributed by atoms with van der Waals surface area (Å²) in [4.78, 5) is 38.7. The molecule has 1 aliphatic heterocycles. The quantitative estimate of drug-likeness (QED) is 0.0143. The molecule has 3 unspecified atom stereocenters. The SMILES string of the molecule is CCC(CC)CCCC(C)Nc1c2ccc(CCCN)cc2[nH+]c2ccc(OC)cc12.CCC(CC)CCCC(C)Nc1c2ccc(CCCNC(=O)c3ccc(C(=O)N4CCSC4=S)c(C)c3C)cc2[nH+]c2ccc(OC)cc12.CCC(CC)CCCC(C)Nc1c2ccc(Cl)cc2[nH+]c2ccc(OC)cc12. The first kappa shape index (κ1) is 84.0. The molecule has 17 heteroatoms. The lowest BCUT2D eigenvalue weighted by Gasteiger charge is -2.19. The molecule has 0 spiro atoms. The number of benzene rings is 7. The molecule has 2 amide bonds. The van der Waals surface area contributed by atoms with E-state index in [0.29, 0.717) is 46.7 Å². The number of nitrogens with one attached hydrogen (secondary N) is 7. The van der Waals surface area contributed by atoms with Crippen LogP contribution in [0.4, 0.5) is 17.1 Å². The Morgan fingerprint density at radius 2 is 0.880 bits per heavy atom. The van der Waals surface area contributed by atoms with Gasteiger partial charge in [0.2, 0.25) is 33.1 Å². The zero-order valence-corrected chi connectivity index (χ0v) is 69.4. The summed E-state index contributed by atoms with van der Waals surface area (Å²) in [6, 6.07) is 42.7. The molecule has 14 nitrogen and oxygen atoms in total. The highest BCUT2D eigenvalue weighted by atomic mass is 35.5. The molecule has 1 fully saturated rings. The van der Waals surface area contributed by atoms with Crippen molar-refractivity contribution in [3.8, 4) is 17.2 Å². The highest BCUT2D eigenvalue weighted by molar-refractivity contribution is 8.23. The van der Waals surface area contributed by atoms with Crippen LogP contribution in [0.5, 0.6) is 17.2 Å². The Bertz CT molecular complexity index is 4660. The van der Waals surface area contributed by atoms with Crippen LogP contribution in [-0.4, -0.2) is 85.9 Å². The summed E-state index contributed by atoms with van der Waals surface area (Å²) in [6.07, 6.45) is 22.4. The van der Waals surface area contributed by atoms with Gasteiger partial charge < -0.3 is 41.2 Å². The second-order valence-corrected chi connectivity index (χ2v) is 32.1. The number of aromatic nitrogens is 3. The number of anilines is 3. The molecule has 0 saturated carbocycles. The maximum absolute atomic E-state index is 13.2. The van der Waals surface area contributed by atoms with E-state index in [1.54, 1.807) is 38.4 Å². The minimum Gasteiger partial charge on any atom is -0.497 e. The number of ether oxygens (including phenoxy) is 3. The number of pyridine rings is 3. The third kappa shape index (κ3) is 22.1. The first-order chi connectivity index (χ1) is 52.3. The number of halogens is 1. The molecule has 1 saturated heterocycles. The Balaban J connectivity index is 0.000000197. The molecule has 4 heterocycles. The zero-order valence-electron chi connectivity index (χ0n) is 67.0. The summed E-state index contributed by atoms with van der Waals surface area (Å²) in [6.45, 7) is 26.4. The van der Waals surface area contributed by atoms with Crippen molar-refractivity contribution in [2.24, 2.45) is 23.5 Å². The third-order valence-corrected chi connectivity index (χ3v) is 24.2. The van der Waals surface area contributed by atoms with Gasteiger partial charge in [0.1, 0.15) is 21.6 Å². The molecule has 3 aromatic heterocycles. The summed E-state index contributed by atoms with van der Waals surface area (Å²) in [5.74, 6) is 5.71. The topological polar surface area (TPSA) is 182 Å². The van der Waals surface area contributed by atoms with Crippen LogP contribution in [0.2, 0.25) is 5.02 Å². The highest BCUT2D eigenvalue weighted by Crippen LogP contribution is 2.38. The van der Waals surface area contributed by atoms with Gasteiger partial charge in [-0.1, -0.05) is 166 Å². The number of aromatic amines is 3. The van der Waals surface area contributed by atoms with E-state index in [9.17, 15) is 9.59 Å². The molecule has 1 aliphatic rings. The number of methoxy groups -OCH3 is 3. The monoisotopic (exact) mass is 1520 g/mol. The Labute approximate surface area is 658 Å². The summed E-state index contributed by atoms with van der Waals surface area (Å²) < 4.78 is 17.2. The van der Waals surface area contributed by atoms with E-state index in [-0.39, 0.29) is 11.8 Å². The van der Waals surface area contributed by atoms with Crippen LogP contribution in [0.3, 0.4) is 0 Å². The van der Waals surface area contributed by atoms with E-state index in [1.807, 2.05) is 44.2 Å². The third-order valence-electron chi connectivity index (χ3n) is 22.5. The number of hydrogen-bond donors (Lipinski definition) is 5. The Hall–Kier alpha value is -8.02. The van der Waals surface area contributed by atoms with Crippen LogP contribution in [0.1, 0.15) is 214 Å². The van der Waals surface area contributed by atoms with E-state index >= 15 is 0 Å². The number of rotatable bonds is 36. The zero-order chi connectivity index (χ0) is 77.4. The number of hydrogen-bond acceptors (Lipinski definition) is 11. The molecule has 0 radical (unpaired) electrons. The standard InChI is InChI=1S/C40H50N4O3S2.C27H39N3O.C24H31ClN2O/c1-7-28(8-2)12-9-11-25(3)42-37-33-16-14-29(23-36(33)43-35-19-15-30(47-6)24-34(35)37)13-10-20-41-38(45)31-17-18-32(27(5)26(31)4)39(46)44-21-22-49-40(44)48;1-5-20(6-2)10-7-9-19(3)29-27-23-14-12-21(11-8-16-28)17-26(23)30-25-15-13-22(31-4)18-24(25)27;1-5-17(6-2)9-7-8-16(3)26-24-20-12-10-18(25)14-23(20)27-22-13-11-19(28-4)15-21(22)24/h14-19,23-25,28H,7-13,20-22H2,1-6H3,(H,41,45)(H,42,43);12-15,17-20H,5-11,16,28H2,1-4H3,(H,29,30);10-17H,5-9H2,1-4H3,(H,26,27)/p+3. The molecule has 10 aromatic rings. The van der Waals surface area contributed by atoms with E-state index in [4.69, 9.17) is 43.8 Å². The largest absolute Gasteiger partial charge is 0.497 e. The molecule has 578 valence electrons. The van der Waals surface area contributed by atoms with E-state index in [0.717, 1.165) is 162 Å². The van der Waals surface area contributed by atoms with Crippen LogP contribution in [0.25, 0.3) is 65.4 Å². The van der Waals surface area contributed by atoms with Gasteiger partial charge in [-0.15, -0.1) is 0 Å². The Morgan fingerprint density at radius 3 is 1.27 bits per heavy atom. The Kier molecular flexibility index (Phi) is 32.4. The fourth-order valence-electron chi connectivity index (χ4n) is 15.3. The average molecular weight is 1520 g/mol. The van der Waals surface area contributed by atoms with Gasteiger partial charge >= 0.3 is 0 Å². The lowest BCUT2D eigenvalue weighted by molar-refractivity contribution is -0.310. The number of nitrogens with zero attached hydrogens (tertiary/aromatic N) is 1. The van der Waals surface area contributed by atoms with Gasteiger partial charge in [-0.3, -0.25) is 14.5 Å². The average Bonchev–Trinajstić information content (AvgIpc) is 0.901. The molecule has 9 N–H and O–H groups in total. The predicted octanol–water partition coefficient (Wildman–Crippen LogP) is 21.7. The second-order valence-electron chi connectivity index (χ2n) is 29.9. The van der Waals surface area contributed by atoms with Crippen molar-refractivity contribution in [1.29, 1.82) is 0 Å². The lowest BCUT2D eigenvalue weighted by Crippen LogP contribution is -2.32. The van der Waals surface area contributed by atoms with Gasteiger partial charge in [-0.25, -0.2) is 15.0 Å². The van der Waals surface area contributed by atoms with Crippen molar-refractivity contribution >= 4 is 134 Å². The minimum absolute atomic E-state index is 0.0900. The lowest BCUT2D eigenvalue weighted by atomic mass is 9.95. The maximum atomic E-state index is 13.2. The number of nitrogens with two attached hydrogens (primary N) is 1. The molecule has 0 aliphatic carbocycles. The van der Waals surface area contributed by atoms with Gasteiger partial charge in [0.05, 0.1) is 70.7 Å². The van der Waals surface area contributed by atoms with Gasteiger partial charge in [-0.05, 0) is 199 Å². The molecule has 11 rings (SSSR count). The number of carbonyl (C=O) groups is 2. The van der Waals surface area contributed by atoms with Crippen molar-refractivity contribution in [2.45, 2.75) is 216 Å². The maximum Gasteiger partial charge on any atom is 0.259 e. The molecule has 3 atom stereocenters. The van der Waals surface area contributed by atoms with Gasteiger partial charge in [0.15, 0.2) is 0 Å². The normalized spacial score (nSPS) is 13.1. The number of H-pyrrole nitrogens is 3. The molecular weight excluding hydrogens is 1400 g/mol. The van der Waals surface area contributed by atoms with Crippen LogP contribution in [0.15, 0.2) is 121 Å². The fourth-order valence-corrected chi connectivity index (χ4v) is 16.7. The van der Waals surface area contributed by atoms with E-state index < -0.39 is 0 Å². The summed E-state index contributed by atoms with van der Waals surface area (Å²) in [5.41, 5.74) is 21.1. The van der Waals surface area contributed by atoms with Gasteiger partial charge in [0, 0.05) is 89.5 Å². The number of aryl methyl sites for hydroxylation is 2. The van der Waals surface area contributed by atoms with Crippen molar-refractivity contribution < 1.29 is 38.8 Å². The van der Waals surface area contributed by atoms with Crippen LogP contribution in [0, 0.1) is 31.6 Å². The van der Waals surface area contributed by atoms with E-state index in [1.165, 1.54) is 128 Å². The van der Waals surface area contributed by atoms with Crippen LogP contribution in [-0.2, 0) is 12.8 Å². The van der Waals surface area contributed by atoms with Crippen molar-refractivity contribution in [2.75, 3.05) is 62.7 Å². The van der Waals surface area contributed by atoms with Gasteiger partial charge in [-0.2, -0.15) is 0 Å². The van der Waals surface area contributed by atoms with Crippen molar-refractivity contribution in [3.05, 3.63) is 160 Å². The molecule has 0 bridgehead atoms. The number of thiocarbonyl (C=S) groups is 1. The van der Waals surface area contributed by atoms with Crippen molar-refractivity contribution in [1.82, 2.24) is 10.2 Å². The fraction of sp³-hybridized carbons (Fsp3) is 0.473. The van der Waals surface area contributed by atoms with Crippen LogP contribution < -0.4 is 56.2 Å². The first-order valence-electron chi connectivity index (χ1n) is 40.2. The smallest absolute Gasteiger partial charge is 0.259 e. The van der Waals surface area contributed by atoms with E-state index in [2.05, 4.69) is 177 Å². The minimum atomic E-state index is -0.120. The molecule has 108 heavy (non-hydrogen) atoms. The Morgan fingerprint density at radius 1 is 0.491 bits per heavy atom.